The molecule has 0 radical (unpaired) electrons. The summed E-state index contributed by atoms with van der Waals surface area (Å²) in [6.45, 7) is 1.36. The van der Waals surface area contributed by atoms with Crippen molar-refractivity contribution in [3.05, 3.63) is 71.1 Å². The van der Waals surface area contributed by atoms with Crippen LogP contribution in [-0.2, 0) is 0 Å². The van der Waals surface area contributed by atoms with Crippen molar-refractivity contribution >= 4 is 17.5 Å². The number of aromatic nitrogens is 2. The molecule has 0 bridgehead atoms. The van der Waals surface area contributed by atoms with E-state index >= 15 is 0 Å². The maximum Gasteiger partial charge on any atom is 0.270 e. The summed E-state index contributed by atoms with van der Waals surface area (Å²) in [5.41, 5.74) is 2.38. The molecular formula is C20H21ClFN4O+. The van der Waals surface area contributed by atoms with E-state index in [-0.39, 0.29) is 11.7 Å². The SMILES string of the molecule is C[NH+](C)CCNC(=O)c1cc(-c2ccc(F)cc2)nn1-c1cccc(Cl)c1. The van der Waals surface area contributed by atoms with Crippen LogP contribution in [0.15, 0.2) is 54.6 Å². The van der Waals surface area contributed by atoms with Crippen molar-refractivity contribution in [1.82, 2.24) is 15.1 Å². The summed E-state index contributed by atoms with van der Waals surface area (Å²) in [5, 5.41) is 8.02. The van der Waals surface area contributed by atoms with Crippen molar-refractivity contribution in [2.24, 2.45) is 0 Å². The van der Waals surface area contributed by atoms with Crippen LogP contribution in [0.2, 0.25) is 5.02 Å². The predicted octanol–water partition coefficient (Wildman–Crippen LogP) is 2.21. The van der Waals surface area contributed by atoms with Gasteiger partial charge in [0.1, 0.15) is 11.5 Å². The molecule has 3 rings (SSSR count). The van der Waals surface area contributed by atoms with Crippen molar-refractivity contribution < 1.29 is 14.1 Å². The minimum Gasteiger partial charge on any atom is -0.345 e. The number of nitrogens with one attached hydrogen (secondary N) is 2. The summed E-state index contributed by atoms with van der Waals surface area (Å²) in [6, 6.07) is 14.8. The van der Waals surface area contributed by atoms with Crippen LogP contribution in [-0.4, -0.2) is 42.9 Å². The van der Waals surface area contributed by atoms with Gasteiger partial charge in [0.25, 0.3) is 5.91 Å². The van der Waals surface area contributed by atoms with Gasteiger partial charge in [-0.15, -0.1) is 0 Å². The van der Waals surface area contributed by atoms with Gasteiger partial charge in [-0.3, -0.25) is 4.79 Å². The Morgan fingerprint density at radius 2 is 1.93 bits per heavy atom. The molecule has 0 aliphatic carbocycles. The maximum atomic E-state index is 13.2. The topological polar surface area (TPSA) is 51.4 Å². The Bertz CT molecular complexity index is 937. The first-order chi connectivity index (χ1) is 12.9. The molecule has 1 amide bonds. The van der Waals surface area contributed by atoms with Gasteiger partial charge in [0, 0.05) is 10.6 Å². The van der Waals surface area contributed by atoms with Gasteiger partial charge in [0.05, 0.1) is 38.6 Å². The molecule has 27 heavy (non-hydrogen) atoms. The number of nitrogens with zero attached hydrogens (tertiary/aromatic N) is 2. The highest BCUT2D eigenvalue weighted by Gasteiger charge is 2.18. The van der Waals surface area contributed by atoms with Crippen molar-refractivity contribution in [3.8, 4) is 16.9 Å². The second kappa shape index (κ2) is 8.33. The fourth-order valence-electron chi connectivity index (χ4n) is 2.63. The highest BCUT2D eigenvalue weighted by Crippen LogP contribution is 2.23. The van der Waals surface area contributed by atoms with Gasteiger partial charge in [-0.1, -0.05) is 17.7 Å². The number of likely N-dealkylation sites (N-methyl/N-ethyl adjacent to an activating group) is 1. The summed E-state index contributed by atoms with van der Waals surface area (Å²) < 4.78 is 14.8. The molecule has 0 fully saturated rings. The van der Waals surface area contributed by atoms with Gasteiger partial charge >= 0.3 is 0 Å². The Labute approximate surface area is 162 Å². The van der Waals surface area contributed by atoms with E-state index in [0.29, 0.717) is 28.6 Å². The van der Waals surface area contributed by atoms with E-state index in [9.17, 15) is 9.18 Å². The van der Waals surface area contributed by atoms with Crippen LogP contribution in [0.4, 0.5) is 4.39 Å². The van der Waals surface area contributed by atoms with Gasteiger partial charge in [-0.2, -0.15) is 5.10 Å². The van der Waals surface area contributed by atoms with E-state index in [1.54, 1.807) is 41.1 Å². The lowest BCUT2D eigenvalue weighted by Gasteiger charge is -2.10. The summed E-state index contributed by atoms with van der Waals surface area (Å²) in [5.74, 6) is -0.547. The standard InChI is InChI=1S/C20H20ClFN4O/c1-25(2)11-10-23-20(27)19-13-18(14-6-8-16(22)9-7-14)24-26(19)17-5-3-4-15(21)12-17/h3-9,12-13H,10-11H2,1-2H3,(H,23,27)/p+1. The highest BCUT2D eigenvalue weighted by molar-refractivity contribution is 6.30. The molecule has 2 N–H and O–H groups in total. The largest absolute Gasteiger partial charge is 0.345 e. The average molecular weight is 388 g/mol. The molecule has 0 unspecified atom stereocenters. The van der Waals surface area contributed by atoms with Crippen LogP contribution in [0.3, 0.4) is 0 Å². The van der Waals surface area contributed by atoms with E-state index in [1.807, 2.05) is 20.2 Å². The van der Waals surface area contributed by atoms with Gasteiger partial charge in [-0.05, 0) is 48.5 Å². The molecule has 0 aliphatic heterocycles. The Morgan fingerprint density at radius 3 is 2.59 bits per heavy atom. The van der Waals surface area contributed by atoms with Gasteiger partial charge < -0.3 is 10.2 Å². The van der Waals surface area contributed by atoms with E-state index in [1.165, 1.54) is 17.0 Å². The van der Waals surface area contributed by atoms with Crippen molar-refractivity contribution in [2.45, 2.75) is 0 Å². The molecule has 0 spiro atoms. The lowest BCUT2D eigenvalue weighted by atomic mass is 10.1. The molecule has 7 heteroatoms. The van der Waals surface area contributed by atoms with E-state index < -0.39 is 0 Å². The van der Waals surface area contributed by atoms with Crippen molar-refractivity contribution in [2.75, 3.05) is 27.2 Å². The van der Waals surface area contributed by atoms with Gasteiger partial charge in [0.15, 0.2) is 0 Å². The first-order valence-electron chi connectivity index (χ1n) is 8.63. The molecule has 2 aromatic carbocycles. The highest BCUT2D eigenvalue weighted by atomic mass is 35.5. The fraction of sp³-hybridized carbons (Fsp3) is 0.200. The zero-order valence-electron chi connectivity index (χ0n) is 15.2. The molecular weight excluding hydrogens is 367 g/mol. The van der Waals surface area contributed by atoms with Crippen molar-refractivity contribution in [1.29, 1.82) is 0 Å². The lowest BCUT2D eigenvalue weighted by Crippen LogP contribution is -3.06. The number of hydrogen-bond acceptors (Lipinski definition) is 2. The zero-order chi connectivity index (χ0) is 19.4. The number of carbonyl (C=O) groups excluding carboxylic acids is 1. The Hall–Kier alpha value is -2.70. The number of amides is 1. The van der Waals surface area contributed by atoms with Crippen molar-refractivity contribution in [3.63, 3.8) is 0 Å². The Morgan fingerprint density at radius 1 is 1.19 bits per heavy atom. The molecule has 1 heterocycles. The zero-order valence-corrected chi connectivity index (χ0v) is 15.9. The number of rotatable bonds is 6. The first-order valence-corrected chi connectivity index (χ1v) is 9.01. The van der Waals surface area contributed by atoms with Crippen LogP contribution in [0.25, 0.3) is 16.9 Å². The lowest BCUT2D eigenvalue weighted by molar-refractivity contribution is -0.856. The number of halogens is 2. The summed E-state index contributed by atoms with van der Waals surface area (Å²) in [4.78, 5) is 14.0. The summed E-state index contributed by atoms with van der Waals surface area (Å²) >= 11 is 6.10. The molecule has 0 saturated heterocycles. The first kappa shape index (κ1) is 19.1. The summed E-state index contributed by atoms with van der Waals surface area (Å²) in [6.07, 6.45) is 0. The third-order valence-electron chi connectivity index (χ3n) is 4.05. The molecule has 0 aliphatic rings. The number of hydrogen-bond donors (Lipinski definition) is 2. The molecule has 3 aromatic rings. The maximum absolute atomic E-state index is 13.2. The van der Waals surface area contributed by atoms with Crippen LogP contribution < -0.4 is 10.2 Å². The third kappa shape index (κ3) is 4.72. The monoisotopic (exact) mass is 387 g/mol. The fourth-order valence-corrected chi connectivity index (χ4v) is 2.81. The van der Waals surface area contributed by atoms with Crippen LogP contribution >= 0.6 is 11.6 Å². The minimum absolute atomic E-state index is 0.225. The quantitative estimate of drug-likeness (QED) is 0.681. The molecule has 5 nitrogen and oxygen atoms in total. The van der Waals surface area contributed by atoms with Crippen LogP contribution in [0.1, 0.15) is 10.5 Å². The van der Waals surface area contributed by atoms with Gasteiger partial charge in [-0.25, -0.2) is 9.07 Å². The predicted molar refractivity (Wildman–Crippen MR) is 104 cm³/mol. The second-order valence-electron chi connectivity index (χ2n) is 6.53. The number of carbonyl (C=O) groups is 1. The Kier molecular flexibility index (Phi) is 5.88. The molecule has 1 aromatic heterocycles. The molecule has 0 atom stereocenters. The number of benzene rings is 2. The van der Waals surface area contributed by atoms with E-state index in [2.05, 4.69) is 10.4 Å². The number of quaternary nitrogens is 1. The average Bonchev–Trinajstić information content (AvgIpc) is 3.07. The van der Waals surface area contributed by atoms with E-state index in [4.69, 9.17) is 11.6 Å². The van der Waals surface area contributed by atoms with E-state index in [0.717, 1.165) is 12.1 Å². The van der Waals surface area contributed by atoms with Crippen LogP contribution in [0, 0.1) is 5.82 Å². The minimum atomic E-state index is -0.322. The van der Waals surface area contributed by atoms with Crippen LogP contribution in [0.5, 0.6) is 0 Å². The third-order valence-corrected chi connectivity index (χ3v) is 4.28. The Balaban J connectivity index is 1.98. The summed E-state index contributed by atoms with van der Waals surface area (Å²) in [7, 11) is 4.05. The normalized spacial score (nSPS) is 11.0. The second-order valence-corrected chi connectivity index (χ2v) is 6.96. The molecule has 0 saturated carbocycles. The molecule has 140 valence electrons. The van der Waals surface area contributed by atoms with Gasteiger partial charge in [0.2, 0.25) is 0 Å². The smallest absolute Gasteiger partial charge is 0.270 e.